The minimum atomic E-state index is -6.16. The minimum Gasteiger partial charge on any atom is -0.398 e. The van der Waals surface area contributed by atoms with E-state index in [1.165, 1.54) is 0 Å². The number of nitrogen functional groups attached to an aromatic ring is 2. The van der Waals surface area contributed by atoms with Crippen LogP contribution in [0.15, 0.2) is 36.4 Å². The Hall–Kier alpha value is -2.93. The molecule has 3 aromatic carbocycles. The molecule has 0 aliphatic carbocycles. The molecular formula is C20H15F9N2O2. The van der Waals surface area contributed by atoms with E-state index >= 15 is 0 Å². The molecule has 0 aliphatic heterocycles. The van der Waals surface area contributed by atoms with Crippen LogP contribution in [0.5, 0.6) is 0 Å². The Bertz CT molecular complexity index is 1230. The van der Waals surface area contributed by atoms with Crippen LogP contribution in [-0.4, -0.2) is 28.7 Å². The maximum atomic E-state index is 13.3. The molecule has 4 nitrogen and oxygen atoms in total. The summed E-state index contributed by atoms with van der Waals surface area (Å²) < 4.78 is 119. The first-order valence-corrected chi connectivity index (χ1v) is 8.95. The molecule has 0 amide bonds. The maximum absolute atomic E-state index is 13.3. The fourth-order valence-electron chi connectivity index (χ4n) is 3.55. The van der Waals surface area contributed by atoms with Gasteiger partial charge in [0.1, 0.15) is 0 Å². The van der Waals surface area contributed by atoms with E-state index in [0.29, 0.717) is 13.0 Å². The second-order valence-corrected chi connectivity index (χ2v) is 7.62. The number of alkyl halides is 9. The van der Waals surface area contributed by atoms with E-state index in [0.717, 1.165) is 30.3 Å². The van der Waals surface area contributed by atoms with Crippen molar-refractivity contribution in [1.82, 2.24) is 0 Å². The summed E-state index contributed by atoms with van der Waals surface area (Å²) in [5.41, 5.74) is -1.06. The molecule has 33 heavy (non-hydrogen) atoms. The number of hydrogen-bond donors (Lipinski definition) is 4. The van der Waals surface area contributed by atoms with Gasteiger partial charge in [-0.3, -0.25) is 0 Å². The van der Waals surface area contributed by atoms with Crippen molar-refractivity contribution in [2.75, 3.05) is 11.5 Å². The van der Waals surface area contributed by atoms with Crippen LogP contribution in [0.1, 0.15) is 18.1 Å². The lowest BCUT2D eigenvalue weighted by molar-refractivity contribution is -0.375. The number of fused-ring (bicyclic) bond motifs is 2. The molecule has 0 fully saturated rings. The standard InChI is InChI=1S/C20H15F9N2O2/c1-16(32,18(21,22)23)12-4-2-8-7-11-9(6-10(8)14(12)30)3-5-13(15(11)31)17(33,19(24,25)26)20(27,28)29/h2-7,32-33H,30-31H2,1H3. The Kier molecular flexibility index (Phi) is 5.27. The quantitative estimate of drug-likeness (QED) is 0.227. The van der Waals surface area contributed by atoms with Gasteiger partial charge in [0.2, 0.25) is 0 Å². The fourth-order valence-corrected chi connectivity index (χ4v) is 3.55. The van der Waals surface area contributed by atoms with E-state index in [1.54, 1.807) is 0 Å². The Morgan fingerprint density at radius 1 is 0.606 bits per heavy atom. The van der Waals surface area contributed by atoms with Crippen molar-refractivity contribution in [2.45, 2.75) is 36.7 Å². The highest BCUT2D eigenvalue weighted by Gasteiger charge is 2.72. The van der Waals surface area contributed by atoms with E-state index in [-0.39, 0.29) is 21.5 Å². The fraction of sp³-hybridized carbons (Fsp3) is 0.300. The number of nitrogens with two attached hydrogens (primary N) is 2. The van der Waals surface area contributed by atoms with Crippen LogP contribution < -0.4 is 11.5 Å². The average molecular weight is 486 g/mol. The molecule has 0 aromatic heterocycles. The first-order chi connectivity index (χ1) is 14.7. The van der Waals surface area contributed by atoms with E-state index in [9.17, 15) is 49.7 Å². The Labute approximate surface area is 179 Å². The Balaban J connectivity index is 2.33. The molecule has 1 unspecified atom stereocenters. The smallest absolute Gasteiger partial charge is 0.398 e. The monoisotopic (exact) mass is 486 g/mol. The van der Waals surface area contributed by atoms with Gasteiger partial charge in [0.25, 0.3) is 5.60 Å². The summed E-state index contributed by atoms with van der Waals surface area (Å²) in [5.74, 6) is 0. The van der Waals surface area contributed by atoms with Gasteiger partial charge in [-0.1, -0.05) is 24.3 Å². The van der Waals surface area contributed by atoms with E-state index < -0.39 is 52.2 Å². The molecule has 0 saturated carbocycles. The molecule has 0 bridgehead atoms. The van der Waals surface area contributed by atoms with Gasteiger partial charge in [-0.05, 0) is 29.8 Å². The second-order valence-electron chi connectivity index (χ2n) is 7.62. The first-order valence-electron chi connectivity index (χ1n) is 8.95. The molecular weight excluding hydrogens is 471 g/mol. The zero-order chi connectivity index (χ0) is 25.4. The number of aliphatic hydroxyl groups is 2. The summed E-state index contributed by atoms with van der Waals surface area (Å²) in [7, 11) is 0. The van der Waals surface area contributed by atoms with Crippen molar-refractivity contribution in [1.29, 1.82) is 0 Å². The van der Waals surface area contributed by atoms with Crippen LogP contribution >= 0.6 is 0 Å². The third-order valence-electron chi connectivity index (χ3n) is 5.53. The number of hydrogen-bond acceptors (Lipinski definition) is 4. The summed E-state index contributed by atoms with van der Waals surface area (Å²) in [4.78, 5) is 0. The molecule has 0 radical (unpaired) electrons. The van der Waals surface area contributed by atoms with Gasteiger partial charge >= 0.3 is 18.5 Å². The van der Waals surface area contributed by atoms with Crippen molar-refractivity contribution in [3.8, 4) is 0 Å². The summed E-state index contributed by atoms with van der Waals surface area (Å²) in [6.45, 7) is 0.477. The molecule has 13 heteroatoms. The van der Waals surface area contributed by atoms with Crippen LogP contribution in [0.4, 0.5) is 50.9 Å². The molecule has 0 saturated heterocycles. The van der Waals surface area contributed by atoms with Crippen molar-refractivity contribution in [2.24, 2.45) is 0 Å². The van der Waals surface area contributed by atoms with Crippen molar-refractivity contribution in [3.05, 3.63) is 47.5 Å². The molecule has 0 heterocycles. The predicted molar refractivity (Wildman–Crippen MR) is 102 cm³/mol. The van der Waals surface area contributed by atoms with Crippen LogP contribution in [-0.2, 0) is 11.2 Å². The van der Waals surface area contributed by atoms with Crippen molar-refractivity contribution < 1.29 is 49.7 Å². The van der Waals surface area contributed by atoms with Gasteiger partial charge in [-0.15, -0.1) is 0 Å². The van der Waals surface area contributed by atoms with Crippen molar-refractivity contribution >= 4 is 32.9 Å². The highest BCUT2D eigenvalue weighted by atomic mass is 19.4. The molecule has 3 aromatic rings. The average Bonchev–Trinajstić information content (AvgIpc) is 2.64. The molecule has 3 rings (SSSR count). The van der Waals surface area contributed by atoms with Crippen LogP contribution in [0, 0.1) is 0 Å². The number of halogens is 9. The van der Waals surface area contributed by atoms with Crippen LogP contribution in [0.3, 0.4) is 0 Å². The predicted octanol–water partition coefficient (Wildman–Crippen LogP) is 5.24. The van der Waals surface area contributed by atoms with Gasteiger partial charge in [-0.2, -0.15) is 39.5 Å². The third kappa shape index (κ3) is 3.50. The lowest BCUT2D eigenvalue weighted by Gasteiger charge is -2.33. The highest BCUT2D eigenvalue weighted by Crippen LogP contribution is 2.52. The maximum Gasteiger partial charge on any atom is 0.430 e. The van der Waals surface area contributed by atoms with Crippen LogP contribution in [0.2, 0.25) is 0 Å². The van der Waals surface area contributed by atoms with Gasteiger partial charge in [-0.25, -0.2) is 0 Å². The lowest BCUT2D eigenvalue weighted by atomic mass is 9.86. The first kappa shape index (κ1) is 24.7. The highest BCUT2D eigenvalue weighted by molar-refractivity contribution is 6.08. The summed E-state index contributed by atoms with van der Waals surface area (Å²) in [5, 5.41) is 19.2. The molecule has 1 atom stereocenters. The minimum absolute atomic E-state index is 0.0214. The van der Waals surface area contributed by atoms with Gasteiger partial charge in [0, 0.05) is 33.3 Å². The molecule has 0 aliphatic rings. The number of rotatable bonds is 2. The van der Waals surface area contributed by atoms with E-state index in [1.807, 2.05) is 0 Å². The van der Waals surface area contributed by atoms with E-state index in [4.69, 9.17) is 11.5 Å². The second kappa shape index (κ2) is 7.03. The molecule has 180 valence electrons. The SMILES string of the molecule is CC(O)(c1ccc2cc3c(N)c(C(O)(C(F)(F)F)C(F)(F)F)ccc3cc2c1N)C(F)(F)F. The van der Waals surface area contributed by atoms with Crippen molar-refractivity contribution in [3.63, 3.8) is 0 Å². The third-order valence-corrected chi connectivity index (χ3v) is 5.53. The Morgan fingerprint density at radius 2 is 0.970 bits per heavy atom. The molecule has 6 N–H and O–H groups in total. The topological polar surface area (TPSA) is 92.5 Å². The Morgan fingerprint density at radius 3 is 1.33 bits per heavy atom. The lowest BCUT2D eigenvalue weighted by Crippen LogP contribution is -2.54. The summed E-state index contributed by atoms with van der Waals surface area (Å²) >= 11 is 0. The summed E-state index contributed by atoms with van der Waals surface area (Å²) in [6.07, 6.45) is -17.4. The van der Waals surface area contributed by atoms with Gasteiger partial charge < -0.3 is 21.7 Å². The van der Waals surface area contributed by atoms with Gasteiger partial charge in [0.15, 0.2) is 5.60 Å². The summed E-state index contributed by atoms with van der Waals surface area (Å²) in [6, 6.07) is 5.13. The normalized spacial score (nSPS) is 15.8. The van der Waals surface area contributed by atoms with E-state index in [2.05, 4.69) is 0 Å². The largest absolute Gasteiger partial charge is 0.430 e. The number of benzene rings is 3. The van der Waals surface area contributed by atoms with Crippen LogP contribution in [0.25, 0.3) is 21.5 Å². The zero-order valence-corrected chi connectivity index (χ0v) is 16.4. The van der Waals surface area contributed by atoms with Gasteiger partial charge in [0.05, 0.1) is 0 Å². The zero-order valence-electron chi connectivity index (χ0n) is 16.4. The number of anilines is 2. The molecule has 0 spiro atoms.